The summed E-state index contributed by atoms with van der Waals surface area (Å²) in [6.07, 6.45) is 5.59. The summed E-state index contributed by atoms with van der Waals surface area (Å²) in [5, 5.41) is 4.93. The van der Waals surface area contributed by atoms with Crippen LogP contribution in [0.15, 0.2) is 48.9 Å². The minimum atomic E-state index is 0.404. The third kappa shape index (κ3) is 3.28. The van der Waals surface area contributed by atoms with Crippen LogP contribution in [0.1, 0.15) is 11.9 Å². The molecule has 32 heavy (non-hydrogen) atoms. The maximum absolute atomic E-state index is 6.70. The van der Waals surface area contributed by atoms with Gasteiger partial charge in [-0.1, -0.05) is 11.6 Å². The fraction of sp³-hybridized carbons (Fsp3) is 0.217. The molecule has 1 aliphatic heterocycles. The molecule has 160 valence electrons. The van der Waals surface area contributed by atoms with E-state index in [2.05, 4.69) is 32.0 Å². The quantitative estimate of drug-likeness (QED) is 0.435. The Morgan fingerprint density at radius 1 is 1.09 bits per heavy atom. The van der Waals surface area contributed by atoms with Crippen LogP contribution in [0.3, 0.4) is 0 Å². The van der Waals surface area contributed by atoms with Crippen LogP contribution in [0.25, 0.3) is 33.3 Å². The van der Waals surface area contributed by atoms with E-state index in [1.807, 2.05) is 54.3 Å². The SMILES string of the molecule is Cc1nc2ccc(Oc3ccc4ncc(-c5cnn(C6CN(C)C6)c5)nc4c3Cl)cc2[nH]1. The zero-order valence-corrected chi connectivity index (χ0v) is 18.3. The van der Waals surface area contributed by atoms with Crippen molar-refractivity contribution in [3.05, 3.63) is 59.8 Å². The fourth-order valence-corrected chi connectivity index (χ4v) is 4.30. The van der Waals surface area contributed by atoms with Crippen molar-refractivity contribution in [2.45, 2.75) is 13.0 Å². The van der Waals surface area contributed by atoms with Crippen molar-refractivity contribution in [2.75, 3.05) is 20.1 Å². The number of fused-ring (bicyclic) bond motifs is 2. The van der Waals surface area contributed by atoms with Crippen LogP contribution >= 0.6 is 11.6 Å². The highest BCUT2D eigenvalue weighted by molar-refractivity contribution is 6.36. The Hall–Kier alpha value is -3.49. The normalized spacial score (nSPS) is 14.8. The van der Waals surface area contributed by atoms with E-state index in [9.17, 15) is 0 Å². The summed E-state index contributed by atoms with van der Waals surface area (Å²) < 4.78 is 8.08. The van der Waals surface area contributed by atoms with Crippen LogP contribution < -0.4 is 4.74 Å². The summed E-state index contributed by atoms with van der Waals surface area (Å²) in [6, 6.07) is 9.77. The second-order valence-electron chi connectivity index (χ2n) is 8.19. The number of ether oxygens (including phenoxy) is 1. The first-order chi connectivity index (χ1) is 15.5. The number of rotatable bonds is 4. The number of aromatic amines is 1. The highest BCUT2D eigenvalue weighted by Crippen LogP contribution is 2.35. The number of aryl methyl sites for hydroxylation is 1. The molecule has 1 saturated heterocycles. The molecule has 0 spiro atoms. The van der Waals surface area contributed by atoms with E-state index >= 15 is 0 Å². The summed E-state index contributed by atoms with van der Waals surface area (Å²) >= 11 is 6.70. The molecule has 0 unspecified atom stereocenters. The molecule has 4 heterocycles. The maximum atomic E-state index is 6.70. The third-order valence-electron chi connectivity index (χ3n) is 5.73. The number of hydrogen-bond donors (Lipinski definition) is 1. The summed E-state index contributed by atoms with van der Waals surface area (Å²) in [4.78, 5) is 19.2. The molecular formula is C23H20ClN7O. The third-order valence-corrected chi connectivity index (χ3v) is 6.10. The monoisotopic (exact) mass is 445 g/mol. The van der Waals surface area contributed by atoms with Gasteiger partial charge < -0.3 is 14.6 Å². The molecule has 8 nitrogen and oxygen atoms in total. The number of hydrogen-bond acceptors (Lipinski definition) is 6. The lowest BCUT2D eigenvalue weighted by Crippen LogP contribution is -2.45. The van der Waals surface area contributed by atoms with Gasteiger partial charge >= 0.3 is 0 Å². The lowest BCUT2D eigenvalue weighted by atomic mass is 10.1. The minimum absolute atomic E-state index is 0.404. The van der Waals surface area contributed by atoms with Gasteiger partial charge in [0.15, 0.2) is 0 Å². The number of nitrogens with one attached hydrogen (secondary N) is 1. The number of aromatic nitrogens is 6. The van der Waals surface area contributed by atoms with Gasteiger partial charge in [0.1, 0.15) is 27.9 Å². The number of H-pyrrole nitrogens is 1. The van der Waals surface area contributed by atoms with Crippen LogP contribution in [-0.4, -0.2) is 54.8 Å². The van der Waals surface area contributed by atoms with Crippen molar-refractivity contribution < 1.29 is 4.74 Å². The van der Waals surface area contributed by atoms with Crippen molar-refractivity contribution in [1.29, 1.82) is 0 Å². The Balaban J connectivity index is 1.33. The zero-order chi connectivity index (χ0) is 21.8. The van der Waals surface area contributed by atoms with Crippen LogP contribution in [0.2, 0.25) is 5.02 Å². The van der Waals surface area contributed by atoms with Gasteiger partial charge in [-0.15, -0.1) is 0 Å². The van der Waals surface area contributed by atoms with E-state index in [4.69, 9.17) is 21.3 Å². The second-order valence-corrected chi connectivity index (χ2v) is 8.57. The smallest absolute Gasteiger partial charge is 0.148 e. The van der Waals surface area contributed by atoms with E-state index in [-0.39, 0.29) is 0 Å². The summed E-state index contributed by atoms with van der Waals surface area (Å²) in [5.74, 6) is 2.05. The van der Waals surface area contributed by atoms with Crippen molar-refractivity contribution in [3.63, 3.8) is 0 Å². The van der Waals surface area contributed by atoms with Gasteiger partial charge in [0.25, 0.3) is 0 Å². The molecule has 0 saturated carbocycles. The molecule has 1 fully saturated rings. The highest BCUT2D eigenvalue weighted by atomic mass is 35.5. The van der Waals surface area contributed by atoms with Crippen molar-refractivity contribution in [3.8, 4) is 22.8 Å². The zero-order valence-electron chi connectivity index (χ0n) is 17.6. The summed E-state index contributed by atoms with van der Waals surface area (Å²) in [6.45, 7) is 3.92. The molecule has 0 bridgehead atoms. The van der Waals surface area contributed by atoms with Gasteiger partial charge in [0, 0.05) is 30.9 Å². The number of benzene rings is 2. The van der Waals surface area contributed by atoms with Crippen molar-refractivity contribution in [1.82, 2.24) is 34.6 Å². The lowest BCUT2D eigenvalue weighted by Gasteiger charge is -2.36. The highest BCUT2D eigenvalue weighted by Gasteiger charge is 2.25. The minimum Gasteiger partial charge on any atom is -0.456 e. The van der Waals surface area contributed by atoms with E-state index in [1.54, 1.807) is 6.20 Å². The van der Waals surface area contributed by atoms with Crippen LogP contribution in [0, 0.1) is 6.92 Å². The molecule has 0 atom stereocenters. The molecule has 1 aliphatic rings. The summed E-state index contributed by atoms with van der Waals surface area (Å²) in [5.41, 5.74) is 4.74. The van der Waals surface area contributed by atoms with Crippen LogP contribution in [0.5, 0.6) is 11.5 Å². The molecule has 9 heteroatoms. The largest absolute Gasteiger partial charge is 0.456 e. The lowest BCUT2D eigenvalue weighted by molar-refractivity contribution is 0.130. The van der Waals surface area contributed by atoms with Crippen molar-refractivity contribution >= 4 is 33.7 Å². The van der Waals surface area contributed by atoms with Gasteiger partial charge in [0.2, 0.25) is 0 Å². The molecule has 2 aromatic carbocycles. The van der Waals surface area contributed by atoms with E-state index in [1.165, 1.54) is 0 Å². The Morgan fingerprint density at radius 3 is 2.78 bits per heavy atom. The topological polar surface area (TPSA) is 84.8 Å². The predicted octanol–water partition coefficient (Wildman–Crippen LogP) is 4.61. The number of imidazole rings is 1. The number of likely N-dealkylation sites (tertiary alicyclic amines) is 1. The molecule has 0 radical (unpaired) electrons. The van der Waals surface area contributed by atoms with Crippen LogP contribution in [0.4, 0.5) is 0 Å². The van der Waals surface area contributed by atoms with Gasteiger partial charge in [-0.05, 0) is 38.2 Å². The molecule has 0 aliphatic carbocycles. The van der Waals surface area contributed by atoms with Crippen molar-refractivity contribution in [2.24, 2.45) is 0 Å². The maximum Gasteiger partial charge on any atom is 0.148 e. The Morgan fingerprint density at radius 2 is 1.94 bits per heavy atom. The predicted molar refractivity (Wildman–Crippen MR) is 123 cm³/mol. The fourth-order valence-electron chi connectivity index (χ4n) is 4.05. The first kappa shape index (κ1) is 19.2. The molecule has 6 rings (SSSR count). The van der Waals surface area contributed by atoms with E-state index in [0.29, 0.717) is 33.6 Å². The van der Waals surface area contributed by atoms with Gasteiger partial charge in [-0.2, -0.15) is 5.10 Å². The standard InChI is InChI=1S/C23H20ClN7O/c1-13-27-17-4-3-16(7-19(17)28-13)32-21-6-5-18-23(22(21)24)29-20(9-25-18)14-8-26-31(10-14)15-11-30(2)12-15/h3-10,15H,11-12H2,1-2H3,(H,27,28). The molecule has 1 N–H and O–H groups in total. The van der Waals surface area contributed by atoms with Gasteiger partial charge in [0.05, 0.1) is 40.7 Å². The second kappa shape index (κ2) is 7.29. The van der Waals surface area contributed by atoms with E-state index in [0.717, 1.165) is 41.2 Å². The molecule has 5 aromatic rings. The Kier molecular flexibility index (Phi) is 4.38. The number of nitrogens with zero attached hydrogens (tertiary/aromatic N) is 6. The van der Waals surface area contributed by atoms with Crippen LogP contribution in [-0.2, 0) is 0 Å². The first-order valence-electron chi connectivity index (χ1n) is 10.4. The number of likely N-dealkylation sites (N-methyl/N-ethyl adjacent to an activating group) is 1. The van der Waals surface area contributed by atoms with Gasteiger partial charge in [-0.25, -0.2) is 9.97 Å². The first-order valence-corrected chi connectivity index (χ1v) is 10.7. The molecular weight excluding hydrogens is 426 g/mol. The number of halogens is 1. The average molecular weight is 446 g/mol. The van der Waals surface area contributed by atoms with E-state index < -0.39 is 0 Å². The summed E-state index contributed by atoms with van der Waals surface area (Å²) in [7, 11) is 2.10. The average Bonchev–Trinajstić information content (AvgIpc) is 3.39. The Bertz CT molecular complexity index is 1470. The van der Waals surface area contributed by atoms with Gasteiger partial charge in [-0.3, -0.25) is 9.67 Å². The molecule has 0 amide bonds. The Labute approximate surface area is 188 Å². The molecule has 3 aromatic heterocycles.